The molecule has 2 N–H and O–H groups in total. The molecule has 9 heteroatoms. The summed E-state index contributed by atoms with van der Waals surface area (Å²) >= 11 is 6.75. The Kier molecular flexibility index (Phi) is 5.50. The van der Waals surface area contributed by atoms with Crippen molar-refractivity contribution in [2.75, 3.05) is 25.0 Å². The van der Waals surface area contributed by atoms with E-state index in [0.29, 0.717) is 58.6 Å². The van der Waals surface area contributed by atoms with Gasteiger partial charge in [-0.15, -0.1) is 0 Å². The van der Waals surface area contributed by atoms with Crippen LogP contribution in [0.5, 0.6) is 0 Å². The van der Waals surface area contributed by atoms with Crippen LogP contribution in [0.2, 0.25) is 5.02 Å². The zero-order valence-corrected chi connectivity index (χ0v) is 20.4. The zero-order chi connectivity index (χ0) is 24.1. The lowest BCUT2D eigenvalue weighted by molar-refractivity contribution is 0.515. The van der Waals surface area contributed by atoms with E-state index in [1.807, 2.05) is 42.7 Å². The molecule has 0 bridgehead atoms. The molecule has 3 aromatic heterocycles. The quantitative estimate of drug-likeness (QED) is 0.427. The van der Waals surface area contributed by atoms with Crippen LogP contribution in [-0.2, 0) is 6.54 Å². The maximum Gasteiger partial charge on any atom is 0.260 e. The van der Waals surface area contributed by atoms with Gasteiger partial charge in [-0.2, -0.15) is 4.98 Å². The molecule has 6 rings (SSSR count). The maximum atomic E-state index is 13.9. The third-order valence-corrected chi connectivity index (χ3v) is 7.45. The molecule has 178 valence electrons. The molecule has 1 aromatic carbocycles. The van der Waals surface area contributed by atoms with Crippen LogP contribution in [0, 0.1) is 24.7 Å². The second-order valence-corrected chi connectivity index (χ2v) is 9.77. The lowest BCUT2D eigenvalue weighted by Crippen LogP contribution is -2.26. The highest BCUT2D eigenvalue weighted by Crippen LogP contribution is 2.49. The smallest absolute Gasteiger partial charge is 0.260 e. The highest BCUT2D eigenvalue weighted by Gasteiger charge is 2.52. The van der Waals surface area contributed by atoms with Gasteiger partial charge in [-0.3, -0.25) is 14.3 Å². The molecule has 2 aliphatic rings. The van der Waals surface area contributed by atoms with Crippen LogP contribution in [0.3, 0.4) is 0 Å². The predicted octanol–water partition coefficient (Wildman–Crippen LogP) is 3.77. The standard InChI is InChI=1S/C26H26ClN7O/c1-3-30-26-31-9-16-6-18(17-5-4-15(7-22(17)27)23-12-28-8-14(2)32-23)25(35)34(24(16)33-26)13-21-19-10-29-11-20(19)21/h4-9,12,19-21,29H,3,10-11,13H2,1-2H3,(H,30,31,33). The number of rotatable bonds is 6. The van der Waals surface area contributed by atoms with Crippen LogP contribution < -0.4 is 16.2 Å². The summed E-state index contributed by atoms with van der Waals surface area (Å²) in [6.45, 7) is 7.30. The summed E-state index contributed by atoms with van der Waals surface area (Å²) in [5.41, 5.74) is 4.24. The van der Waals surface area contributed by atoms with Crippen LogP contribution in [0.15, 0.2) is 47.7 Å². The fourth-order valence-corrected chi connectivity index (χ4v) is 5.57. The summed E-state index contributed by atoms with van der Waals surface area (Å²) in [6.07, 6.45) is 5.20. The van der Waals surface area contributed by atoms with E-state index in [2.05, 4.69) is 25.6 Å². The van der Waals surface area contributed by atoms with E-state index >= 15 is 0 Å². The van der Waals surface area contributed by atoms with Crippen molar-refractivity contribution in [3.8, 4) is 22.4 Å². The molecule has 8 nitrogen and oxygen atoms in total. The van der Waals surface area contributed by atoms with Crippen LogP contribution in [-0.4, -0.2) is 44.1 Å². The van der Waals surface area contributed by atoms with E-state index < -0.39 is 0 Å². The van der Waals surface area contributed by atoms with E-state index in [4.69, 9.17) is 16.6 Å². The predicted molar refractivity (Wildman–Crippen MR) is 138 cm³/mol. The van der Waals surface area contributed by atoms with Gasteiger partial charge in [0.25, 0.3) is 5.56 Å². The summed E-state index contributed by atoms with van der Waals surface area (Å²) in [5, 5.41) is 7.90. The molecule has 4 heterocycles. The first-order valence-corrected chi connectivity index (χ1v) is 12.4. The Balaban J connectivity index is 1.46. The van der Waals surface area contributed by atoms with Gasteiger partial charge in [0.15, 0.2) is 0 Å². The number of anilines is 1. The van der Waals surface area contributed by atoms with Gasteiger partial charge < -0.3 is 10.6 Å². The topological polar surface area (TPSA) is 97.6 Å². The first kappa shape index (κ1) is 22.1. The largest absolute Gasteiger partial charge is 0.354 e. The summed E-state index contributed by atoms with van der Waals surface area (Å²) in [6, 6.07) is 7.52. The molecule has 0 radical (unpaired) electrons. The second kappa shape index (κ2) is 8.70. The van der Waals surface area contributed by atoms with Crippen molar-refractivity contribution in [2.45, 2.75) is 20.4 Å². The number of benzene rings is 1. The molecule has 2 atom stereocenters. The molecular weight excluding hydrogens is 462 g/mol. The first-order valence-electron chi connectivity index (χ1n) is 12.0. The third kappa shape index (κ3) is 3.96. The van der Waals surface area contributed by atoms with Gasteiger partial charge in [0.2, 0.25) is 5.95 Å². The number of nitrogens with zero attached hydrogens (tertiary/aromatic N) is 5. The minimum absolute atomic E-state index is 0.0819. The van der Waals surface area contributed by atoms with Gasteiger partial charge in [0, 0.05) is 52.6 Å². The number of halogens is 1. The molecule has 1 saturated carbocycles. The first-order chi connectivity index (χ1) is 17.0. The van der Waals surface area contributed by atoms with E-state index in [1.54, 1.807) is 18.6 Å². The molecule has 2 unspecified atom stereocenters. The Hall–Kier alpha value is -3.36. The van der Waals surface area contributed by atoms with Gasteiger partial charge in [-0.25, -0.2) is 9.97 Å². The van der Waals surface area contributed by atoms with Gasteiger partial charge >= 0.3 is 0 Å². The van der Waals surface area contributed by atoms with E-state index in [-0.39, 0.29) is 5.56 Å². The van der Waals surface area contributed by atoms with Crippen molar-refractivity contribution >= 4 is 28.6 Å². The molecular formula is C26H26ClN7O. The number of aromatic nitrogens is 5. The third-order valence-electron chi connectivity index (χ3n) is 7.13. The number of hydrogen-bond donors (Lipinski definition) is 2. The normalized spacial score (nSPS) is 20.7. The monoisotopic (exact) mass is 487 g/mol. The van der Waals surface area contributed by atoms with Gasteiger partial charge in [0.1, 0.15) is 5.65 Å². The molecule has 1 saturated heterocycles. The Bertz CT molecular complexity index is 1490. The van der Waals surface area contributed by atoms with Crippen LogP contribution >= 0.6 is 11.6 Å². The van der Waals surface area contributed by atoms with Crippen molar-refractivity contribution < 1.29 is 0 Å². The van der Waals surface area contributed by atoms with E-state index in [0.717, 1.165) is 35.4 Å². The van der Waals surface area contributed by atoms with Gasteiger partial charge in [-0.05, 0) is 56.8 Å². The van der Waals surface area contributed by atoms with Crippen LogP contribution in [0.4, 0.5) is 5.95 Å². The number of nitrogens with one attached hydrogen (secondary N) is 2. The van der Waals surface area contributed by atoms with Gasteiger partial charge in [-0.1, -0.05) is 23.7 Å². The average molecular weight is 488 g/mol. The lowest BCUT2D eigenvalue weighted by Gasteiger charge is -2.15. The van der Waals surface area contributed by atoms with Crippen LogP contribution in [0.25, 0.3) is 33.4 Å². The molecule has 35 heavy (non-hydrogen) atoms. The summed E-state index contributed by atoms with van der Waals surface area (Å²) in [5.74, 6) is 2.28. The minimum Gasteiger partial charge on any atom is -0.354 e. The Morgan fingerprint density at radius 3 is 2.69 bits per heavy atom. The highest BCUT2D eigenvalue weighted by atomic mass is 35.5. The van der Waals surface area contributed by atoms with Crippen molar-refractivity contribution in [1.29, 1.82) is 0 Å². The van der Waals surface area contributed by atoms with Crippen molar-refractivity contribution in [3.63, 3.8) is 0 Å². The lowest BCUT2D eigenvalue weighted by atomic mass is 10.0. The number of fused-ring (bicyclic) bond motifs is 2. The number of aryl methyl sites for hydroxylation is 1. The fourth-order valence-electron chi connectivity index (χ4n) is 5.29. The van der Waals surface area contributed by atoms with Crippen LogP contribution in [0.1, 0.15) is 12.6 Å². The molecule has 0 amide bonds. The number of hydrogen-bond acceptors (Lipinski definition) is 7. The molecule has 1 aliphatic carbocycles. The van der Waals surface area contributed by atoms with Crippen molar-refractivity contribution in [3.05, 3.63) is 63.9 Å². The Labute approximate surface area is 207 Å². The number of piperidine rings is 1. The SMILES string of the molecule is CCNc1ncc2cc(-c3ccc(-c4cncc(C)n4)cc3Cl)c(=O)n(CC3C4CNCC43)c2n1. The van der Waals surface area contributed by atoms with E-state index in [1.165, 1.54) is 0 Å². The second-order valence-electron chi connectivity index (χ2n) is 9.37. The highest BCUT2D eigenvalue weighted by molar-refractivity contribution is 6.33. The summed E-state index contributed by atoms with van der Waals surface area (Å²) in [7, 11) is 0. The molecule has 1 aliphatic heterocycles. The van der Waals surface area contributed by atoms with E-state index in [9.17, 15) is 4.79 Å². The Morgan fingerprint density at radius 2 is 1.94 bits per heavy atom. The Morgan fingerprint density at radius 1 is 1.11 bits per heavy atom. The number of pyridine rings is 1. The molecule has 2 fully saturated rings. The minimum atomic E-state index is -0.0819. The fraction of sp³-hybridized carbons (Fsp3) is 0.346. The maximum absolute atomic E-state index is 13.9. The van der Waals surface area contributed by atoms with Crippen molar-refractivity contribution in [2.24, 2.45) is 17.8 Å². The van der Waals surface area contributed by atoms with Gasteiger partial charge in [0.05, 0.1) is 17.6 Å². The summed E-state index contributed by atoms with van der Waals surface area (Å²) in [4.78, 5) is 31.8. The summed E-state index contributed by atoms with van der Waals surface area (Å²) < 4.78 is 1.83. The molecule has 0 spiro atoms. The van der Waals surface area contributed by atoms with Crippen molar-refractivity contribution in [1.82, 2.24) is 29.8 Å². The average Bonchev–Trinajstić information content (AvgIpc) is 3.26. The zero-order valence-electron chi connectivity index (χ0n) is 19.6. The molecule has 4 aromatic rings.